The van der Waals surface area contributed by atoms with Crippen LogP contribution >= 0.6 is 11.6 Å². The summed E-state index contributed by atoms with van der Waals surface area (Å²) in [5.41, 5.74) is 1.92. The van der Waals surface area contributed by atoms with Crippen LogP contribution in [0.5, 0.6) is 11.5 Å². The summed E-state index contributed by atoms with van der Waals surface area (Å²) < 4.78 is 8.64. The molecule has 0 radical (unpaired) electrons. The van der Waals surface area contributed by atoms with Gasteiger partial charge in [0, 0.05) is 44.6 Å². The van der Waals surface area contributed by atoms with Crippen molar-refractivity contribution in [3.8, 4) is 17.2 Å². The molecule has 5 rings (SSSR count). The van der Waals surface area contributed by atoms with E-state index in [4.69, 9.17) is 16.3 Å². The maximum atomic E-state index is 12.8. The highest BCUT2D eigenvalue weighted by molar-refractivity contribution is 6.30. The smallest absolute Gasteiger partial charge is 0.257 e. The van der Waals surface area contributed by atoms with Crippen molar-refractivity contribution in [1.82, 2.24) is 9.47 Å². The van der Waals surface area contributed by atoms with E-state index in [2.05, 4.69) is 10.6 Å². The molecule has 1 saturated heterocycles. The molecule has 3 heterocycles. The number of para-hydroxylation sites is 1. The quantitative estimate of drug-likeness (QED) is 0.653. The highest BCUT2D eigenvalue weighted by Crippen LogP contribution is 2.45. The molecule has 1 spiro atoms. The monoisotopic (exact) mass is 396 g/mol. The van der Waals surface area contributed by atoms with E-state index in [1.807, 2.05) is 30.5 Å². The Morgan fingerprint density at radius 2 is 1.89 bits per heavy atom. The Morgan fingerprint density at radius 1 is 1.11 bits per heavy atom. The van der Waals surface area contributed by atoms with Gasteiger partial charge in [-0.15, -0.1) is 0 Å². The van der Waals surface area contributed by atoms with Crippen LogP contribution in [0.3, 0.4) is 0 Å². The number of piperidine rings is 1. The fraction of sp³-hybridized carbons (Fsp3) is 0.227. The van der Waals surface area contributed by atoms with Crippen LogP contribution in [-0.4, -0.2) is 33.6 Å². The molecule has 5 nitrogen and oxygen atoms in total. The molecule has 0 unspecified atom stereocenters. The summed E-state index contributed by atoms with van der Waals surface area (Å²) in [7, 11) is 0. The number of halogens is 1. The molecule has 0 aliphatic carbocycles. The predicted octanol–water partition coefficient (Wildman–Crippen LogP) is 4.61. The molecule has 1 aromatic heterocycles. The van der Waals surface area contributed by atoms with Gasteiger partial charge in [0.05, 0.1) is 16.9 Å². The number of carbonyl (C=O) groups is 1. The van der Waals surface area contributed by atoms with Crippen LogP contribution in [-0.2, 0) is 5.60 Å². The molecule has 144 valence electrons. The summed E-state index contributed by atoms with van der Waals surface area (Å²) in [4.78, 5) is 14.6. The average Bonchev–Trinajstić information content (AvgIpc) is 3.19. The lowest BCUT2D eigenvalue weighted by Crippen LogP contribution is -2.50. The number of likely N-dealkylation sites (tertiary alicyclic amines) is 1. The maximum absolute atomic E-state index is 12.8. The van der Waals surface area contributed by atoms with Gasteiger partial charge < -0.3 is 19.3 Å². The SMILES string of the molecule is O=C(c1ccccc1O)N1CCC2(CC1)Oc1cc(Cl)ccc1-n1cccc12.[HH]. The summed E-state index contributed by atoms with van der Waals surface area (Å²) in [6.45, 7) is 1.10. The van der Waals surface area contributed by atoms with Gasteiger partial charge in [0.25, 0.3) is 5.91 Å². The first kappa shape index (κ1) is 17.2. The number of benzene rings is 2. The third-order valence-corrected chi connectivity index (χ3v) is 5.93. The van der Waals surface area contributed by atoms with Crippen LogP contribution in [0.25, 0.3) is 5.69 Å². The Hall–Kier alpha value is -2.92. The van der Waals surface area contributed by atoms with Gasteiger partial charge in [0.2, 0.25) is 0 Å². The van der Waals surface area contributed by atoms with E-state index in [-0.39, 0.29) is 13.1 Å². The first-order valence-electron chi connectivity index (χ1n) is 9.31. The Labute approximate surface area is 169 Å². The zero-order chi connectivity index (χ0) is 19.3. The van der Waals surface area contributed by atoms with Gasteiger partial charge in [0.1, 0.15) is 11.5 Å². The van der Waals surface area contributed by atoms with Gasteiger partial charge in [-0.3, -0.25) is 4.79 Å². The summed E-state index contributed by atoms with van der Waals surface area (Å²) in [5, 5.41) is 10.6. The molecule has 1 fully saturated rings. The lowest BCUT2D eigenvalue weighted by atomic mass is 9.86. The van der Waals surface area contributed by atoms with Gasteiger partial charge in [-0.2, -0.15) is 0 Å². The van der Waals surface area contributed by atoms with Crippen molar-refractivity contribution in [2.24, 2.45) is 0 Å². The zero-order valence-corrected chi connectivity index (χ0v) is 15.9. The largest absolute Gasteiger partial charge is 0.507 e. The number of hydrogen-bond donors (Lipinski definition) is 1. The minimum atomic E-state index is -0.489. The van der Waals surface area contributed by atoms with Crippen molar-refractivity contribution in [3.63, 3.8) is 0 Å². The molecule has 2 aromatic carbocycles. The number of ether oxygens (including phenoxy) is 1. The number of fused-ring (bicyclic) bond motifs is 4. The lowest BCUT2D eigenvalue weighted by Gasteiger charge is -2.45. The van der Waals surface area contributed by atoms with Gasteiger partial charge in [-0.1, -0.05) is 23.7 Å². The number of nitrogens with zero attached hydrogens (tertiary/aromatic N) is 2. The number of phenolic OH excluding ortho intramolecular Hbond substituents is 1. The highest BCUT2D eigenvalue weighted by Gasteiger charge is 2.44. The molecular formula is C22H21ClN2O3. The fourth-order valence-corrected chi connectivity index (χ4v) is 4.41. The minimum absolute atomic E-state index is 0. The third-order valence-electron chi connectivity index (χ3n) is 5.70. The second kappa shape index (κ2) is 6.31. The normalized spacial score (nSPS) is 17.0. The minimum Gasteiger partial charge on any atom is -0.507 e. The molecule has 2 aliphatic rings. The Bertz CT molecular complexity index is 1070. The number of rotatable bonds is 1. The van der Waals surface area contributed by atoms with E-state index in [0.29, 0.717) is 36.5 Å². The Morgan fingerprint density at radius 3 is 2.68 bits per heavy atom. The highest BCUT2D eigenvalue weighted by atomic mass is 35.5. The number of phenols is 1. The second-order valence-electron chi connectivity index (χ2n) is 7.28. The molecule has 3 aromatic rings. The topological polar surface area (TPSA) is 54.7 Å². The van der Waals surface area contributed by atoms with E-state index in [0.717, 1.165) is 17.1 Å². The fourth-order valence-electron chi connectivity index (χ4n) is 4.25. The molecule has 6 heteroatoms. The van der Waals surface area contributed by atoms with Crippen LogP contribution in [0, 0.1) is 0 Å². The first-order valence-corrected chi connectivity index (χ1v) is 9.69. The Kier molecular flexibility index (Phi) is 3.88. The van der Waals surface area contributed by atoms with Crippen molar-refractivity contribution in [1.29, 1.82) is 0 Å². The molecule has 0 atom stereocenters. The third kappa shape index (κ3) is 2.58. The molecule has 0 bridgehead atoms. The van der Waals surface area contributed by atoms with E-state index < -0.39 is 5.60 Å². The van der Waals surface area contributed by atoms with Gasteiger partial charge in [-0.25, -0.2) is 0 Å². The Balaban J connectivity index is 0.00000205. The van der Waals surface area contributed by atoms with Crippen LogP contribution < -0.4 is 4.74 Å². The van der Waals surface area contributed by atoms with Crippen molar-refractivity contribution in [2.45, 2.75) is 18.4 Å². The summed E-state index contributed by atoms with van der Waals surface area (Å²) in [6.07, 6.45) is 3.37. The van der Waals surface area contributed by atoms with E-state index >= 15 is 0 Å². The number of aromatic nitrogens is 1. The summed E-state index contributed by atoms with van der Waals surface area (Å²) in [6, 6.07) is 16.4. The predicted molar refractivity (Wildman–Crippen MR) is 108 cm³/mol. The standard InChI is InChI=1S/C22H19ClN2O3.H2/c23-15-7-8-17-19(14-15)28-22(20-6-3-11-25(17)20)9-12-24(13-10-22)21(27)16-4-1-2-5-18(16)26;/h1-8,11,14,26H,9-10,12-13H2;1H. The van der Waals surface area contributed by atoms with Crippen LogP contribution in [0.15, 0.2) is 60.8 Å². The number of hydrogen-bond acceptors (Lipinski definition) is 3. The molecule has 1 amide bonds. The average molecular weight is 397 g/mol. The molecule has 0 saturated carbocycles. The molecule has 28 heavy (non-hydrogen) atoms. The first-order chi connectivity index (χ1) is 13.6. The van der Waals surface area contributed by atoms with E-state index in [1.54, 1.807) is 23.1 Å². The van der Waals surface area contributed by atoms with Crippen LogP contribution in [0.1, 0.15) is 30.3 Å². The summed E-state index contributed by atoms with van der Waals surface area (Å²) >= 11 is 6.19. The van der Waals surface area contributed by atoms with Gasteiger partial charge >= 0.3 is 0 Å². The van der Waals surface area contributed by atoms with E-state index in [9.17, 15) is 9.90 Å². The lowest BCUT2D eigenvalue weighted by molar-refractivity contribution is -0.00935. The van der Waals surface area contributed by atoms with Crippen LogP contribution in [0.4, 0.5) is 0 Å². The molecular weight excluding hydrogens is 376 g/mol. The zero-order valence-electron chi connectivity index (χ0n) is 15.1. The van der Waals surface area contributed by atoms with Crippen LogP contribution in [0.2, 0.25) is 5.02 Å². The number of carbonyl (C=O) groups excluding carboxylic acids is 1. The van der Waals surface area contributed by atoms with Gasteiger partial charge in [-0.05, 0) is 36.4 Å². The maximum Gasteiger partial charge on any atom is 0.257 e. The van der Waals surface area contributed by atoms with Crippen molar-refractivity contribution in [2.75, 3.05) is 13.1 Å². The molecule has 2 aliphatic heterocycles. The van der Waals surface area contributed by atoms with Crippen molar-refractivity contribution < 1.29 is 16.1 Å². The van der Waals surface area contributed by atoms with Crippen molar-refractivity contribution >= 4 is 17.5 Å². The number of aromatic hydroxyl groups is 1. The van der Waals surface area contributed by atoms with Crippen molar-refractivity contribution in [3.05, 3.63) is 77.1 Å². The second-order valence-corrected chi connectivity index (χ2v) is 7.72. The number of amides is 1. The van der Waals surface area contributed by atoms with Gasteiger partial charge in [0.15, 0.2) is 5.60 Å². The van der Waals surface area contributed by atoms with E-state index in [1.165, 1.54) is 6.07 Å². The summed E-state index contributed by atoms with van der Waals surface area (Å²) in [5.74, 6) is 0.624. The molecule has 1 N–H and O–H groups in total.